The molecule has 1 spiro atoms. The minimum absolute atomic E-state index is 0.106. The number of oxazole rings is 1. The van der Waals surface area contributed by atoms with Crippen molar-refractivity contribution >= 4 is 23.0 Å². The number of likely N-dealkylation sites (tertiary alicyclic amines) is 1. The van der Waals surface area contributed by atoms with Crippen molar-refractivity contribution in [3.8, 4) is 0 Å². The lowest BCUT2D eigenvalue weighted by Gasteiger charge is -2.48. The van der Waals surface area contributed by atoms with Crippen molar-refractivity contribution in [1.29, 1.82) is 0 Å². The molecule has 2 aromatic heterocycles. The number of hydrogen-bond donors (Lipinski definition) is 0. The molecule has 2 aromatic rings. The van der Waals surface area contributed by atoms with Gasteiger partial charge in [0.15, 0.2) is 17.2 Å². The highest BCUT2D eigenvalue weighted by atomic mass is 16.5. The topological polar surface area (TPSA) is 84.6 Å². The predicted molar refractivity (Wildman–Crippen MR) is 101 cm³/mol. The molecule has 8 nitrogen and oxygen atoms in total. The Balaban J connectivity index is 1.58. The lowest BCUT2D eigenvalue weighted by Crippen LogP contribution is -2.54. The van der Waals surface area contributed by atoms with Gasteiger partial charge in [-0.15, -0.1) is 0 Å². The number of carbonyl (C=O) groups is 1. The Morgan fingerprint density at radius 1 is 1.30 bits per heavy atom. The molecule has 0 bridgehead atoms. The van der Waals surface area contributed by atoms with Gasteiger partial charge in [-0.25, -0.2) is 9.97 Å². The van der Waals surface area contributed by atoms with E-state index in [9.17, 15) is 4.79 Å². The normalized spacial score (nSPS) is 23.6. The van der Waals surface area contributed by atoms with E-state index in [0.29, 0.717) is 31.2 Å². The average molecular weight is 373 g/mol. The lowest BCUT2D eigenvalue weighted by molar-refractivity contribution is -0.138. The molecule has 0 saturated carbocycles. The number of aromatic nitrogens is 3. The van der Waals surface area contributed by atoms with Crippen LogP contribution in [0.3, 0.4) is 0 Å². The molecule has 2 saturated heterocycles. The first-order valence-electron chi connectivity index (χ1n) is 9.76. The Labute approximate surface area is 158 Å². The van der Waals surface area contributed by atoms with Crippen LogP contribution in [0.5, 0.6) is 0 Å². The zero-order valence-corrected chi connectivity index (χ0v) is 16.1. The number of amides is 1. The summed E-state index contributed by atoms with van der Waals surface area (Å²) in [6, 6.07) is 0. The molecule has 0 aromatic carbocycles. The Hall–Kier alpha value is -2.22. The van der Waals surface area contributed by atoms with E-state index in [1.54, 1.807) is 13.4 Å². The van der Waals surface area contributed by atoms with Gasteiger partial charge in [-0.3, -0.25) is 4.79 Å². The highest BCUT2D eigenvalue weighted by Gasteiger charge is 2.42. The number of nitrogens with zero attached hydrogens (tertiary/aromatic N) is 5. The van der Waals surface area contributed by atoms with Gasteiger partial charge in [-0.2, -0.15) is 4.98 Å². The first kappa shape index (κ1) is 18.2. The van der Waals surface area contributed by atoms with E-state index in [1.807, 2.05) is 11.8 Å². The molecule has 2 aliphatic heterocycles. The van der Waals surface area contributed by atoms with Gasteiger partial charge in [0.25, 0.3) is 5.71 Å². The highest BCUT2D eigenvalue weighted by Crippen LogP contribution is 2.40. The number of piperidine rings is 2. The third-order valence-corrected chi connectivity index (χ3v) is 5.80. The summed E-state index contributed by atoms with van der Waals surface area (Å²) in [4.78, 5) is 29.9. The molecule has 0 aliphatic carbocycles. The van der Waals surface area contributed by atoms with Gasteiger partial charge in [0.2, 0.25) is 5.91 Å². The molecule has 8 heteroatoms. The van der Waals surface area contributed by atoms with Crippen LogP contribution in [0, 0.1) is 5.41 Å². The van der Waals surface area contributed by atoms with Crippen LogP contribution >= 0.6 is 0 Å². The summed E-state index contributed by atoms with van der Waals surface area (Å²) in [7, 11) is 1.68. The molecule has 0 N–H and O–H groups in total. The van der Waals surface area contributed by atoms with E-state index in [1.165, 1.54) is 0 Å². The molecule has 1 atom stereocenters. The average Bonchev–Trinajstić information content (AvgIpc) is 3.12. The second kappa shape index (κ2) is 7.42. The summed E-state index contributed by atoms with van der Waals surface area (Å²) in [5.74, 6) is 1.78. The number of methoxy groups -OCH3 is 1. The molecule has 27 heavy (non-hydrogen) atoms. The van der Waals surface area contributed by atoms with Crippen molar-refractivity contribution in [1.82, 2.24) is 19.9 Å². The molecule has 4 heterocycles. The molecule has 2 aliphatic rings. The number of carbonyl (C=O) groups excluding carboxylic acids is 1. The summed E-state index contributed by atoms with van der Waals surface area (Å²) in [6.45, 7) is 5.87. The first-order valence-corrected chi connectivity index (χ1v) is 9.76. The summed E-state index contributed by atoms with van der Waals surface area (Å²) in [6.07, 6.45) is 6.04. The second-order valence-electron chi connectivity index (χ2n) is 7.65. The SMILES string of the molecule is CCc1nc2c(N3CCC[C@@]4(CCC(=O)N(CCOC)C4)C3)ncnc2o1. The minimum Gasteiger partial charge on any atom is -0.422 e. The number of rotatable bonds is 5. The standard InChI is InChI=1S/C19H27N5O3/c1-3-14-22-16-17(20-13-21-18(16)27-14)24-8-4-6-19(12-24)7-5-15(25)23(11-19)9-10-26-2/h13H,3-12H2,1-2H3/t19-/m0/s1. The van der Waals surface area contributed by atoms with Gasteiger partial charge in [0.1, 0.15) is 6.33 Å². The van der Waals surface area contributed by atoms with Crippen LogP contribution in [0.2, 0.25) is 0 Å². The lowest BCUT2D eigenvalue weighted by atomic mass is 9.73. The zero-order chi connectivity index (χ0) is 18.9. The Morgan fingerprint density at radius 2 is 2.19 bits per heavy atom. The predicted octanol–water partition coefficient (Wildman–Crippen LogP) is 2.04. The number of aryl methyl sites for hydroxylation is 1. The van der Waals surface area contributed by atoms with Crippen molar-refractivity contribution in [3.05, 3.63) is 12.2 Å². The summed E-state index contributed by atoms with van der Waals surface area (Å²) in [5.41, 5.74) is 1.40. The fraction of sp³-hybridized carbons (Fsp3) is 0.684. The Bertz CT molecular complexity index is 823. The first-order chi connectivity index (χ1) is 13.1. The van der Waals surface area contributed by atoms with E-state index in [-0.39, 0.29) is 11.3 Å². The van der Waals surface area contributed by atoms with Crippen LogP contribution in [0.1, 0.15) is 38.5 Å². The van der Waals surface area contributed by atoms with Gasteiger partial charge in [0, 0.05) is 51.5 Å². The van der Waals surface area contributed by atoms with Gasteiger partial charge in [-0.1, -0.05) is 6.92 Å². The molecule has 146 valence electrons. The molecular formula is C19H27N5O3. The molecular weight excluding hydrogens is 346 g/mol. The maximum Gasteiger partial charge on any atom is 0.252 e. The van der Waals surface area contributed by atoms with E-state index >= 15 is 0 Å². The van der Waals surface area contributed by atoms with Crippen molar-refractivity contribution in [3.63, 3.8) is 0 Å². The van der Waals surface area contributed by atoms with E-state index < -0.39 is 0 Å². The zero-order valence-electron chi connectivity index (χ0n) is 16.1. The van der Waals surface area contributed by atoms with Crippen LogP contribution < -0.4 is 4.90 Å². The van der Waals surface area contributed by atoms with Gasteiger partial charge < -0.3 is 19.0 Å². The van der Waals surface area contributed by atoms with Gasteiger partial charge in [0.05, 0.1) is 6.61 Å². The number of ether oxygens (including phenoxy) is 1. The van der Waals surface area contributed by atoms with Crippen LogP contribution in [-0.4, -0.2) is 65.7 Å². The number of fused-ring (bicyclic) bond motifs is 1. The number of anilines is 1. The highest BCUT2D eigenvalue weighted by molar-refractivity contribution is 5.82. The third kappa shape index (κ3) is 3.50. The smallest absolute Gasteiger partial charge is 0.252 e. The minimum atomic E-state index is 0.106. The summed E-state index contributed by atoms with van der Waals surface area (Å²) < 4.78 is 10.9. The van der Waals surface area contributed by atoms with Crippen LogP contribution in [0.25, 0.3) is 11.2 Å². The maximum atomic E-state index is 12.3. The van der Waals surface area contributed by atoms with E-state index in [2.05, 4.69) is 19.9 Å². The van der Waals surface area contributed by atoms with Crippen molar-refractivity contribution in [2.24, 2.45) is 5.41 Å². The quantitative estimate of drug-likeness (QED) is 0.793. The monoisotopic (exact) mass is 373 g/mol. The maximum absolute atomic E-state index is 12.3. The Kier molecular flexibility index (Phi) is 4.99. The largest absolute Gasteiger partial charge is 0.422 e. The number of hydrogen-bond acceptors (Lipinski definition) is 7. The van der Waals surface area contributed by atoms with Crippen LogP contribution in [0.4, 0.5) is 5.82 Å². The fourth-order valence-electron chi connectivity index (χ4n) is 4.40. The van der Waals surface area contributed by atoms with Crippen LogP contribution in [-0.2, 0) is 16.0 Å². The Morgan fingerprint density at radius 3 is 3.00 bits per heavy atom. The van der Waals surface area contributed by atoms with Crippen molar-refractivity contribution in [2.75, 3.05) is 44.8 Å². The molecule has 2 fully saturated rings. The second-order valence-corrected chi connectivity index (χ2v) is 7.65. The fourth-order valence-corrected chi connectivity index (χ4v) is 4.40. The summed E-state index contributed by atoms with van der Waals surface area (Å²) in [5, 5.41) is 0. The van der Waals surface area contributed by atoms with Crippen molar-refractivity contribution < 1.29 is 13.9 Å². The van der Waals surface area contributed by atoms with Gasteiger partial charge >= 0.3 is 0 Å². The van der Waals surface area contributed by atoms with Gasteiger partial charge in [-0.05, 0) is 19.3 Å². The van der Waals surface area contributed by atoms with E-state index in [0.717, 1.165) is 56.7 Å². The molecule has 0 radical (unpaired) electrons. The molecule has 1 amide bonds. The van der Waals surface area contributed by atoms with E-state index in [4.69, 9.17) is 9.15 Å². The molecule has 0 unspecified atom stereocenters. The van der Waals surface area contributed by atoms with Crippen molar-refractivity contribution in [2.45, 2.75) is 39.0 Å². The third-order valence-electron chi connectivity index (χ3n) is 5.80. The molecule has 4 rings (SSSR count). The summed E-state index contributed by atoms with van der Waals surface area (Å²) >= 11 is 0. The van der Waals surface area contributed by atoms with Crippen LogP contribution in [0.15, 0.2) is 10.7 Å².